The third-order valence-corrected chi connectivity index (χ3v) is 4.22. The number of hydrogen-bond acceptors (Lipinski definition) is 2. The zero-order valence-corrected chi connectivity index (χ0v) is 12.5. The van der Waals surface area contributed by atoms with Crippen LogP contribution >= 0.6 is 12.6 Å². The van der Waals surface area contributed by atoms with Crippen LogP contribution in [-0.4, -0.2) is 12.5 Å². The molecule has 1 aromatic carbocycles. The number of rotatable bonds is 4. The predicted molar refractivity (Wildman–Crippen MR) is 82.9 cm³/mol. The summed E-state index contributed by atoms with van der Waals surface area (Å²) in [6, 6.07) is 7.89. The van der Waals surface area contributed by atoms with Gasteiger partial charge in [-0.1, -0.05) is 38.3 Å². The molecule has 1 aliphatic rings. The SMILES string of the molecule is CCCN(C(=O)C1CCCCC1)c1ccccc1S. The van der Waals surface area contributed by atoms with Crippen molar-refractivity contribution in [3.05, 3.63) is 24.3 Å². The third-order valence-electron chi connectivity index (χ3n) is 3.84. The van der Waals surface area contributed by atoms with Crippen molar-refractivity contribution in [2.75, 3.05) is 11.4 Å². The van der Waals surface area contributed by atoms with Crippen molar-refractivity contribution in [1.82, 2.24) is 0 Å². The fraction of sp³-hybridized carbons (Fsp3) is 0.562. The highest BCUT2D eigenvalue weighted by Crippen LogP contribution is 2.30. The highest BCUT2D eigenvalue weighted by molar-refractivity contribution is 7.80. The molecular weight excluding hydrogens is 254 g/mol. The Morgan fingerprint density at radius 1 is 1.26 bits per heavy atom. The van der Waals surface area contributed by atoms with E-state index >= 15 is 0 Å². The second kappa shape index (κ2) is 6.99. The smallest absolute Gasteiger partial charge is 0.230 e. The lowest BCUT2D eigenvalue weighted by Crippen LogP contribution is -2.37. The van der Waals surface area contributed by atoms with Crippen molar-refractivity contribution in [3.63, 3.8) is 0 Å². The van der Waals surface area contributed by atoms with Crippen LogP contribution in [0, 0.1) is 5.92 Å². The number of carbonyl (C=O) groups excluding carboxylic acids is 1. The molecule has 1 fully saturated rings. The predicted octanol–water partition coefficient (Wildman–Crippen LogP) is 4.30. The van der Waals surface area contributed by atoms with Crippen LogP contribution in [0.1, 0.15) is 45.4 Å². The van der Waals surface area contributed by atoms with Crippen LogP contribution in [0.3, 0.4) is 0 Å². The Labute approximate surface area is 121 Å². The number of thiol groups is 1. The summed E-state index contributed by atoms with van der Waals surface area (Å²) >= 11 is 4.49. The average molecular weight is 277 g/mol. The van der Waals surface area contributed by atoms with Crippen LogP contribution in [0.5, 0.6) is 0 Å². The molecule has 1 saturated carbocycles. The van der Waals surface area contributed by atoms with Crippen LogP contribution < -0.4 is 4.90 Å². The molecule has 104 valence electrons. The fourth-order valence-electron chi connectivity index (χ4n) is 2.84. The number of benzene rings is 1. The van der Waals surface area contributed by atoms with Crippen molar-refractivity contribution in [2.45, 2.75) is 50.3 Å². The molecular formula is C16H23NOS. The van der Waals surface area contributed by atoms with Crippen molar-refractivity contribution in [2.24, 2.45) is 5.92 Å². The Hall–Kier alpha value is -0.960. The number of para-hydroxylation sites is 1. The molecule has 2 rings (SSSR count). The second-order valence-electron chi connectivity index (χ2n) is 5.31. The molecule has 3 heteroatoms. The highest BCUT2D eigenvalue weighted by Gasteiger charge is 2.27. The maximum absolute atomic E-state index is 12.7. The van der Waals surface area contributed by atoms with E-state index in [4.69, 9.17) is 0 Å². The van der Waals surface area contributed by atoms with Gasteiger partial charge in [0.15, 0.2) is 0 Å². The molecule has 0 heterocycles. The van der Waals surface area contributed by atoms with Gasteiger partial charge in [0.25, 0.3) is 0 Å². The van der Waals surface area contributed by atoms with Gasteiger partial charge < -0.3 is 4.90 Å². The summed E-state index contributed by atoms with van der Waals surface area (Å²) in [4.78, 5) is 15.6. The van der Waals surface area contributed by atoms with Crippen LogP contribution in [-0.2, 0) is 4.79 Å². The highest BCUT2D eigenvalue weighted by atomic mass is 32.1. The maximum atomic E-state index is 12.7. The zero-order chi connectivity index (χ0) is 13.7. The molecule has 0 radical (unpaired) electrons. The first-order chi connectivity index (χ1) is 9.24. The van der Waals surface area contributed by atoms with Crippen LogP contribution in [0.4, 0.5) is 5.69 Å². The third kappa shape index (κ3) is 3.53. The zero-order valence-electron chi connectivity index (χ0n) is 11.6. The summed E-state index contributed by atoms with van der Waals surface area (Å²) < 4.78 is 0. The Morgan fingerprint density at radius 3 is 2.58 bits per heavy atom. The fourth-order valence-corrected chi connectivity index (χ4v) is 3.12. The largest absolute Gasteiger partial charge is 0.311 e. The number of hydrogen-bond donors (Lipinski definition) is 1. The number of anilines is 1. The lowest BCUT2D eigenvalue weighted by atomic mass is 9.88. The van der Waals surface area contributed by atoms with E-state index in [9.17, 15) is 4.79 Å². The van der Waals surface area contributed by atoms with Crippen LogP contribution in [0.15, 0.2) is 29.2 Å². The molecule has 0 bridgehead atoms. The van der Waals surface area contributed by atoms with E-state index in [1.807, 2.05) is 29.2 Å². The minimum Gasteiger partial charge on any atom is -0.311 e. The molecule has 1 aliphatic carbocycles. The van der Waals surface area contributed by atoms with Crippen LogP contribution in [0.25, 0.3) is 0 Å². The summed E-state index contributed by atoms with van der Waals surface area (Å²) in [7, 11) is 0. The van der Waals surface area contributed by atoms with Crippen molar-refractivity contribution >= 4 is 24.2 Å². The minimum atomic E-state index is 0.216. The van der Waals surface area contributed by atoms with Gasteiger partial charge in [-0.2, -0.15) is 0 Å². The molecule has 0 aliphatic heterocycles. The lowest BCUT2D eigenvalue weighted by molar-refractivity contribution is -0.123. The van der Waals surface area contributed by atoms with Gasteiger partial charge in [-0.15, -0.1) is 12.6 Å². The van der Waals surface area contributed by atoms with Crippen molar-refractivity contribution in [3.8, 4) is 0 Å². The van der Waals surface area contributed by atoms with E-state index in [0.717, 1.165) is 36.4 Å². The lowest BCUT2D eigenvalue weighted by Gasteiger charge is -2.30. The average Bonchev–Trinajstić information content (AvgIpc) is 2.46. The molecule has 0 unspecified atom stereocenters. The molecule has 1 amide bonds. The summed E-state index contributed by atoms with van der Waals surface area (Å²) in [5.74, 6) is 0.510. The van der Waals surface area contributed by atoms with E-state index in [1.165, 1.54) is 19.3 Å². The molecule has 19 heavy (non-hydrogen) atoms. The van der Waals surface area contributed by atoms with Crippen molar-refractivity contribution < 1.29 is 4.79 Å². The number of amides is 1. The van der Waals surface area contributed by atoms with Gasteiger partial charge in [0.1, 0.15) is 0 Å². The summed E-state index contributed by atoms with van der Waals surface area (Å²) in [5, 5.41) is 0. The van der Waals surface area contributed by atoms with E-state index in [-0.39, 0.29) is 5.92 Å². The number of nitrogens with zero attached hydrogens (tertiary/aromatic N) is 1. The Bertz CT molecular complexity index is 427. The standard InChI is InChI=1S/C16H23NOS/c1-2-12-17(14-10-6-7-11-15(14)19)16(18)13-8-4-3-5-9-13/h6-7,10-11,13,19H,2-5,8-9,12H2,1H3. The molecule has 0 saturated heterocycles. The van der Waals surface area contributed by atoms with E-state index in [1.54, 1.807) is 0 Å². The van der Waals surface area contributed by atoms with Gasteiger partial charge in [0, 0.05) is 17.4 Å². The first-order valence-corrected chi connectivity index (χ1v) is 7.78. The van der Waals surface area contributed by atoms with Gasteiger partial charge in [-0.25, -0.2) is 0 Å². The van der Waals surface area contributed by atoms with Gasteiger partial charge in [-0.3, -0.25) is 4.79 Å². The molecule has 1 aromatic rings. The monoisotopic (exact) mass is 277 g/mol. The Kier molecular flexibility index (Phi) is 5.32. The van der Waals surface area contributed by atoms with Gasteiger partial charge >= 0.3 is 0 Å². The summed E-state index contributed by atoms with van der Waals surface area (Å²) in [5.41, 5.74) is 0.961. The topological polar surface area (TPSA) is 20.3 Å². The molecule has 0 atom stereocenters. The Morgan fingerprint density at radius 2 is 1.95 bits per heavy atom. The van der Waals surface area contributed by atoms with E-state index < -0.39 is 0 Å². The minimum absolute atomic E-state index is 0.216. The Balaban J connectivity index is 2.19. The molecule has 0 aromatic heterocycles. The maximum Gasteiger partial charge on any atom is 0.230 e. The quantitative estimate of drug-likeness (QED) is 0.814. The van der Waals surface area contributed by atoms with E-state index in [2.05, 4.69) is 19.6 Å². The molecule has 0 spiro atoms. The van der Waals surface area contributed by atoms with E-state index in [0.29, 0.717) is 5.91 Å². The normalized spacial score (nSPS) is 16.3. The van der Waals surface area contributed by atoms with Gasteiger partial charge in [0.2, 0.25) is 5.91 Å². The van der Waals surface area contributed by atoms with Crippen LogP contribution in [0.2, 0.25) is 0 Å². The second-order valence-corrected chi connectivity index (χ2v) is 5.80. The first kappa shape index (κ1) is 14.4. The molecule has 2 nitrogen and oxygen atoms in total. The molecule has 0 N–H and O–H groups in total. The summed E-state index contributed by atoms with van der Waals surface area (Å²) in [6.45, 7) is 2.90. The van der Waals surface area contributed by atoms with Crippen molar-refractivity contribution in [1.29, 1.82) is 0 Å². The first-order valence-electron chi connectivity index (χ1n) is 7.33. The summed E-state index contributed by atoms with van der Waals surface area (Å²) in [6.07, 6.45) is 6.74. The number of carbonyl (C=O) groups is 1. The van der Waals surface area contributed by atoms with Gasteiger partial charge in [0.05, 0.1) is 5.69 Å². The van der Waals surface area contributed by atoms with Gasteiger partial charge in [-0.05, 0) is 31.4 Å².